The number of halogens is 1. The van der Waals surface area contributed by atoms with Crippen LogP contribution in [0.15, 0.2) is 0 Å². The van der Waals surface area contributed by atoms with Crippen molar-refractivity contribution in [3.8, 4) is 0 Å². The van der Waals surface area contributed by atoms with Gasteiger partial charge in [0, 0.05) is 20.2 Å². The minimum absolute atomic E-state index is 0.127. The van der Waals surface area contributed by atoms with Crippen LogP contribution in [0.5, 0.6) is 0 Å². The Hall–Kier alpha value is -0.910. The number of hydrogen-bond acceptors (Lipinski definition) is 4. The van der Waals surface area contributed by atoms with Gasteiger partial charge in [0.25, 0.3) is 0 Å². The van der Waals surface area contributed by atoms with Crippen molar-refractivity contribution < 1.29 is 9.53 Å². The van der Waals surface area contributed by atoms with Crippen molar-refractivity contribution in [1.29, 1.82) is 0 Å². The third kappa shape index (κ3) is 3.05. The Morgan fingerprint density at radius 3 is 2.85 bits per heavy atom. The van der Waals surface area contributed by atoms with E-state index in [0.29, 0.717) is 11.4 Å². The lowest BCUT2D eigenvalue weighted by Crippen LogP contribution is -2.32. The SMILES string of the molecule is CCc1nn(CC)c(CC(=O)C2CC(OC)CN2)c1Cl. The fourth-order valence-electron chi connectivity index (χ4n) is 2.60. The van der Waals surface area contributed by atoms with E-state index in [-0.39, 0.29) is 17.9 Å². The number of ketones is 1. The third-order valence-corrected chi connectivity index (χ3v) is 4.28. The van der Waals surface area contributed by atoms with Crippen molar-refractivity contribution in [3.05, 3.63) is 16.4 Å². The zero-order chi connectivity index (χ0) is 14.7. The van der Waals surface area contributed by atoms with Crippen LogP contribution in [0.2, 0.25) is 5.02 Å². The average molecular weight is 300 g/mol. The van der Waals surface area contributed by atoms with E-state index in [1.165, 1.54) is 0 Å². The highest BCUT2D eigenvalue weighted by molar-refractivity contribution is 6.32. The minimum atomic E-state index is -0.138. The van der Waals surface area contributed by atoms with E-state index >= 15 is 0 Å². The Balaban J connectivity index is 2.10. The Morgan fingerprint density at radius 2 is 2.30 bits per heavy atom. The van der Waals surface area contributed by atoms with E-state index < -0.39 is 0 Å². The second-order valence-electron chi connectivity index (χ2n) is 5.07. The number of ether oxygens (including phenoxy) is 1. The molecule has 6 heteroatoms. The zero-order valence-corrected chi connectivity index (χ0v) is 13.0. The number of nitrogens with one attached hydrogen (secondary N) is 1. The normalized spacial score (nSPS) is 22.4. The molecule has 5 nitrogen and oxygen atoms in total. The quantitative estimate of drug-likeness (QED) is 0.867. The highest BCUT2D eigenvalue weighted by Gasteiger charge is 2.30. The molecule has 1 aliphatic heterocycles. The Morgan fingerprint density at radius 1 is 1.55 bits per heavy atom. The predicted octanol–water partition coefficient (Wildman–Crippen LogP) is 1.61. The second kappa shape index (κ2) is 6.70. The van der Waals surface area contributed by atoms with Crippen LogP contribution in [0, 0.1) is 0 Å². The molecule has 0 aromatic carbocycles. The summed E-state index contributed by atoms with van der Waals surface area (Å²) in [6.45, 7) is 5.47. The van der Waals surface area contributed by atoms with Gasteiger partial charge in [-0.15, -0.1) is 0 Å². The summed E-state index contributed by atoms with van der Waals surface area (Å²) in [5.41, 5.74) is 1.70. The summed E-state index contributed by atoms with van der Waals surface area (Å²) in [5.74, 6) is 0.156. The largest absolute Gasteiger partial charge is 0.380 e. The summed E-state index contributed by atoms with van der Waals surface area (Å²) in [6, 6.07) is -0.138. The molecular weight excluding hydrogens is 278 g/mol. The number of nitrogens with zero attached hydrogens (tertiary/aromatic N) is 2. The molecule has 0 aliphatic carbocycles. The first-order valence-corrected chi connectivity index (χ1v) is 7.51. The summed E-state index contributed by atoms with van der Waals surface area (Å²) >= 11 is 6.33. The Labute approximate surface area is 124 Å². The fourth-order valence-corrected chi connectivity index (χ4v) is 2.94. The van der Waals surface area contributed by atoms with Crippen LogP contribution < -0.4 is 5.32 Å². The molecule has 1 fully saturated rings. The van der Waals surface area contributed by atoms with Crippen molar-refractivity contribution in [3.63, 3.8) is 0 Å². The Kier molecular flexibility index (Phi) is 5.18. The van der Waals surface area contributed by atoms with Gasteiger partial charge in [-0.1, -0.05) is 18.5 Å². The van der Waals surface area contributed by atoms with Gasteiger partial charge in [-0.25, -0.2) is 0 Å². The highest BCUT2D eigenvalue weighted by atomic mass is 35.5. The van der Waals surface area contributed by atoms with E-state index in [0.717, 1.165) is 37.3 Å². The van der Waals surface area contributed by atoms with Gasteiger partial charge in [0.05, 0.1) is 35.0 Å². The molecule has 2 rings (SSSR count). The summed E-state index contributed by atoms with van der Waals surface area (Å²) in [4.78, 5) is 12.4. The molecule has 1 N–H and O–H groups in total. The molecular formula is C14H22ClN3O2. The number of rotatable bonds is 6. The van der Waals surface area contributed by atoms with Gasteiger partial charge in [-0.2, -0.15) is 5.10 Å². The molecule has 2 heterocycles. The molecule has 1 aromatic heterocycles. The van der Waals surface area contributed by atoms with Gasteiger partial charge in [-0.05, 0) is 19.8 Å². The topological polar surface area (TPSA) is 56.2 Å². The predicted molar refractivity (Wildman–Crippen MR) is 78.2 cm³/mol. The van der Waals surface area contributed by atoms with E-state index in [9.17, 15) is 4.79 Å². The van der Waals surface area contributed by atoms with Crippen LogP contribution >= 0.6 is 11.6 Å². The van der Waals surface area contributed by atoms with Crippen LogP contribution in [0.4, 0.5) is 0 Å². The van der Waals surface area contributed by atoms with Crippen molar-refractivity contribution in [2.75, 3.05) is 13.7 Å². The molecule has 0 bridgehead atoms. The number of carbonyl (C=O) groups excluding carboxylic acids is 1. The highest BCUT2D eigenvalue weighted by Crippen LogP contribution is 2.23. The molecule has 0 radical (unpaired) electrons. The second-order valence-corrected chi connectivity index (χ2v) is 5.45. The van der Waals surface area contributed by atoms with Crippen molar-refractivity contribution in [1.82, 2.24) is 15.1 Å². The van der Waals surface area contributed by atoms with Gasteiger partial charge in [0.15, 0.2) is 5.78 Å². The van der Waals surface area contributed by atoms with E-state index in [4.69, 9.17) is 16.3 Å². The molecule has 20 heavy (non-hydrogen) atoms. The van der Waals surface area contributed by atoms with Crippen molar-refractivity contribution in [2.45, 2.75) is 51.8 Å². The van der Waals surface area contributed by atoms with Crippen LogP contribution in [0.1, 0.15) is 31.7 Å². The monoisotopic (exact) mass is 299 g/mol. The first-order chi connectivity index (χ1) is 9.60. The fraction of sp³-hybridized carbons (Fsp3) is 0.714. The lowest BCUT2D eigenvalue weighted by atomic mass is 10.1. The van der Waals surface area contributed by atoms with Crippen LogP contribution in [0.25, 0.3) is 0 Å². The van der Waals surface area contributed by atoms with Gasteiger partial charge >= 0.3 is 0 Å². The third-order valence-electron chi connectivity index (χ3n) is 3.85. The Bertz CT molecular complexity index is 487. The maximum absolute atomic E-state index is 12.4. The molecule has 112 valence electrons. The number of methoxy groups -OCH3 is 1. The molecule has 0 saturated carbocycles. The van der Waals surface area contributed by atoms with Crippen molar-refractivity contribution in [2.24, 2.45) is 0 Å². The first-order valence-electron chi connectivity index (χ1n) is 7.13. The van der Waals surface area contributed by atoms with Crippen molar-refractivity contribution >= 4 is 17.4 Å². The van der Waals surface area contributed by atoms with Crippen LogP contribution in [0.3, 0.4) is 0 Å². The van der Waals surface area contributed by atoms with Gasteiger partial charge in [0.2, 0.25) is 0 Å². The van der Waals surface area contributed by atoms with E-state index in [2.05, 4.69) is 10.4 Å². The standard InChI is InChI=1S/C14H22ClN3O2/c1-4-10-14(15)12(18(5-2)17-10)7-13(19)11-6-9(20-3)8-16-11/h9,11,16H,4-8H2,1-3H3. The summed E-state index contributed by atoms with van der Waals surface area (Å²) < 4.78 is 7.11. The number of aryl methyl sites for hydroxylation is 2. The summed E-state index contributed by atoms with van der Waals surface area (Å²) in [6.07, 6.45) is 1.96. The maximum atomic E-state index is 12.4. The van der Waals surface area contributed by atoms with Gasteiger partial charge in [0.1, 0.15) is 0 Å². The number of carbonyl (C=O) groups is 1. The molecule has 1 aliphatic rings. The lowest BCUT2D eigenvalue weighted by molar-refractivity contribution is -0.120. The van der Waals surface area contributed by atoms with Crippen LogP contribution in [-0.4, -0.2) is 41.4 Å². The maximum Gasteiger partial charge on any atom is 0.155 e. The van der Waals surface area contributed by atoms with Gasteiger partial charge in [-0.3, -0.25) is 9.48 Å². The summed E-state index contributed by atoms with van der Waals surface area (Å²) in [5, 5.41) is 8.30. The van der Waals surface area contributed by atoms with E-state index in [1.54, 1.807) is 7.11 Å². The van der Waals surface area contributed by atoms with Crippen LogP contribution in [-0.2, 0) is 28.9 Å². The molecule has 0 spiro atoms. The first kappa shape index (κ1) is 15.5. The lowest BCUT2D eigenvalue weighted by Gasteiger charge is -2.10. The average Bonchev–Trinajstić information content (AvgIpc) is 3.05. The smallest absolute Gasteiger partial charge is 0.155 e. The van der Waals surface area contributed by atoms with E-state index in [1.807, 2.05) is 18.5 Å². The molecule has 2 atom stereocenters. The molecule has 2 unspecified atom stereocenters. The summed E-state index contributed by atoms with van der Waals surface area (Å²) in [7, 11) is 1.68. The van der Waals surface area contributed by atoms with Gasteiger partial charge < -0.3 is 10.1 Å². The zero-order valence-electron chi connectivity index (χ0n) is 12.3. The molecule has 0 amide bonds. The molecule has 1 saturated heterocycles. The number of Topliss-reactive ketones (excluding diaryl/α,β-unsaturated/α-hetero) is 1. The molecule has 1 aromatic rings. The number of hydrogen-bond donors (Lipinski definition) is 1. The minimum Gasteiger partial charge on any atom is -0.380 e. The number of aromatic nitrogens is 2.